The van der Waals surface area contributed by atoms with Crippen LogP contribution in [0.15, 0.2) is 18.2 Å². The molecular weight excluding hydrogens is 264 g/mol. The number of ether oxygens (including phenoxy) is 1. The topological polar surface area (TPSA) is 102 Å². The Balaban J connectivity index is 2.83. The van der Waals surface area contributed by atoms with Crippen molar-refractivity contribution in [2.75, 3.05) is 20.3 Å². The van der Waals surface area contributed by atoms with Gasteiger partial charge in [0.15, 0.2) is 0 Å². The summed E-state index contributed by atoms with van der Waals surface area (Å²) < 4.78 is 4.96. The van der Waals surface area contributed by atoms with E-state index in [9.17, 15) is 14.9 Å². The van der Waals surface area contributed by atoms with E-state index >= 15 is 0 Å². The van der Waals surface area contributed by atoms with Crippen molar-refractivity contribution in [3.05, 3.63) is 39.4 Å². The van der Waals surface area contributed by atoms with Crippen LogP contribution in [0.5, 0.6) is 0 Å². The number of aliphatic hydroxyl groups is 1. The van der Waals surface area contributed by atoms with Crippen LogP contribution in [-0.4, -0.2) is 42.3 Å². The van der Waals surface area contributed by atoms with E-state index in [-0.39, 0.29) is 24.2 Å². The first-order valence-corrected chi connectivity index (χ1v) is 6.15. The molecule has 0 saturated carbocycles. The molecule has 0 aromatic heterocycles. The van der Waals surface area contributed by atoms with Gasteiger partial charge in [0.2, 0.25) is 0 Å². The largest absolute Gasteiger partial charge is 0.396 e. The average molecular weight is 282 g/mol. The zero-order chi connectivity index (χ0) is 15.1. The van der Waals surface area contributed by atoms with E-state index in [0.29, 0.717) is 24.2 Å². The van der Waals surface area contributed by atoms with Crippen LogP contribution in [0.3, 0.4) is 0 Å². The molecule has 0 heterocycles. The number of nitrogens with zero attached hydrogens (tertiary/aromatic N) is 1. The van der Waals surface area contributed by atoms with Crippen LogP contribution in [0.2, 0.25) is 0 Å². The first kappa shape index (κ1) is 16.1. The maximum Gasteiger partial charge on any atom is 0.269 e. The lowest BCUT2D eigenvalue weighted by Gasteiger charge is -2.17. The predicted molar refractivity (Wildman–Crippen MR) is 72.7 cm³/mol. The van der Waals surface area contributed by atoms with Gasteiger partial charge in [0.25, 0.3) is 11.6 Å². The van der Waals surface area contributed by atoms with E-state index in [4.69, 9.17) is 9.84 Å². The number of amides is 1. The van der Waals surface area contributed by atoms with Crippen LogP contribution < -0.4 is 5.32 Å². The summed E-state index contributed by atoms with van der Waals surface area (Å²) in [5, 5.41) is 22.3. The smallest absolute Gasteiger partial charge is 0.269 e. The Morgan fingerprint density at radius 1 is 1.55 bits per heavy atom. The lowest BCUT2D eigenvalue weighted by molar-refractivity contribution is -0.384. The van der Waals surface area contributed by atoms with Gasteiger partial charge in [-0.3, -0.25) is 14.9 Å². The van der Waals surface area contributed by atoms with Crippen LogP contribution in [0.25, 0.3) is 0 Å². The lowest BCUT2D eigenvalue weighted by atomic mass is 10.1. The lowest BCUT2D eigenvalue weighted by Crippen LogP contribution is -2.39. The predicted octanol–water partition coefficient (Wildman–Crippen LogP) is 1.03. The summed E-state index contributed by atoms with van der Waals surface area (Å²) in [6.07, 6.45) is 0.381. The first-order chi connectivity index (χ1) is 9.49. The molecule has 0 aliphatic carbocycles. The fourth-order valence-electron chi connectivity index (χ4n) is 1.83. The number of aryl methyl sites for hydroxylation is 1. The highest BCUT2D eigenvalue weighted by atomic mass is 16.6. The number of carbonyl (C=O) groups is 1. The van der Waals surface area contributed by atoms with Gasteiger partial charge in [0, 0.05) is 31.4 Å². The summed E-state index contributed by atoms with van der Waals surface area (Å²) in [4.78, 5) is 22.2. The standard InChI is InChI=1S/C13H18N2O5/c1-9-7-11(15(18)19)3-4-12(9)13(17)14-10(5-6-16)8-20-2/h3-4,7,10,16H,5-6,8H2,1-2H3,(H,14,17). The van der Waals surface area contributed by atoms with Crippen molar-refractivity contribution in [2.24, 2.45) is 0 Å². The monoisotopic (exact) mass is 282 g/mol. The van der Waals surface area contributed by atoms with Crippen molar-refractivity contribution < 1.29 is 19.6 Å². The summed E-state index contributed by atoms with van der Waals surface area (Å²) >= 11 is 0. The Kier molecular flexibility index (Phi) is 6.08. The van der Waals surface area contributed by atoms with Gasteiger partial charge in [-0.05, 0) is 25.0 Å². The number of nitro benzene ring substituents is 1. The summed E-state index contributed by atoms with van der Waals surface area (Å²) in [7, 11) is 1.51. The first-order valence-electron chi connectivity index (χ1n) is 6.15. The number of rotatable bonds is 7. The molecule has 1 unspecified atom stereocenters. The molecule has 1 rings (SSSR count). The molecule has 0 bridgehead atoms. The van der Waals surface area contributed by atoms with Gasteiger partial charge in [-0.2, -0.15) is 0 Å². The van der Waals surface area contributed by atoms with Crippen molar-refractivity contribution in [1.29, 1.82) is 0 Å². The van der Waals surface area contributed by atoms with Gasteiger partial charge in [-0.1, -0.05) is 0 Å². The number of nitrogens with one attached hydrogen (secondary N) is 1. The number of aliphatic hydroxyl groups excluding tert-OH is 1. The van der Waals surface area contributed by atoms with E-state index in [1.165, 1.54) is 25.3 Å². The molecule has 7 heteroatoms. The number of benzene rings is 1. The average Bonchev–Trinajstić information content (AvgIpc) is 2.38. The normalized spacial score (nSPS) is 11.9. The molecule has 2 N–H and O–H groups in total. The molecule has 0 spiro atoms. The minimum Gasteiger partial charge on any atom is -0.396 e. The van der Waals surface area contributed by atoms with E-state index in [0.717, 1.165) is 0 Å². The summed E-state index contributed by atoms with van der Waals surface area (Å²) in [6.45, 7) is 1.87. The molecule has 1 atom stereocenters. The van der Waals surface area contributed by atoms with Crippen LogP contribution in [0, 0.1) is 17.0 Å². The molecule has 110 valence electrons. The number of carbonyl (C=O) groups excluding carboxylic acids is 1. The second-order valence-corrected chi connectivity index (χ2v) is 4.39. The summed E-state index contributed by atoms with van der Waals surface area (Å²) in [6, 6.07) is 3.77. The van der Waals surface area contributed by atoms with Crippen molar-refractivity contribution in [2.45, 2.75) is 19.4 Å². The molecule has 1 aromatic carbocycles. The molecular formula is C13H18N2O5. The summed E-state index contributed by atoms with van der Waals surface area (Å²) in [5.74, 6) is -0.340. The minimum atomic E-state index is -0.506. The van der Waals surface area contributed by atoms with Gasteiger partial charge in [-0.25, -0.2) is 0 Å². The fraction of sp³-hybridized carbons (Fsp3) is 0.462. The van der Waals surface area contributed by atoms with E-state index in [2.05, 4.69) is 5.32 Å². The van der Waals surface area contributed by atoms with E-state index < -0.39 is 4.92 Å². The Bertz CT molecular complexity index is 484. The molecule has 1 aromatic rings. The molecule has 1 amide bonds. The van der Waals surface area contributed by atoms with E-state index in [1.807, 2.05) is 0 Å². The van der Waals surface area contributed by atoms with Crippen molar-refractivity contribution in [3.8, 4) is 0 Å². The highest BCUT2D eigenvalue weighted by Gasteiger charge is 2.17. The maximum atomic E-state index is 12.1. The second-order valence-electron chi connectivity index (χ2n) is 4.39. The van der Waals surface area contributed by atoms with Crippen molar-refractivity contribution >= 4 is 11.6 Å². The van der Waals surface area contributed by atoms with Gasteiger partial charge in [0.1, 0.15) is 0 Å². The molecule has 7 nitrogen and oxygen atoms in total. The Morgan fingerprint density at radius 2 is 2.25 bits per heavy atom. The maximum absolute atomic E-state index is 12.1. The highest BCUT2D eigenvalue weighted by Crippen LogP contribution is 2.17. The number of hydrogen-bond donors (Lipinski definition) is 2. The van der Waals surface area contributed by atoms with E-state index in [1.54, 1.807) is 6.92 Å². The van der Waals surface area contributed by atoms with Crippen molar-refractivity contribution in [1.82, 2.24) is 5.32 Å². The Hall–Kier alpha value is -1.99. The zero-order valence-electron chi connectivity index (χ0n) is 11.5. The Labute approximate surface area is 116 Å². The van der Waals surface area contributed by atoms with Crippen LogP contribution in [0.1, 0.15) is 22.3 Å². The van der Waals surface area contributed by atoms with Gasteiger partial charge >= 0.3 is 0 Å². The van der Waals surface area contributed by atoms with Gasteiger partial charge in [-0.15, -0.1) is 0 Å². The highest BCUT2D eigenvalue weighted by molar-refractivity contribution is 5.96. The molecule has 20 heavy (non-hydrogen) atoms. The number of nitro groups is 1. The van der Waals surface area contributed by atoms with Crippen LogP contribution in [-0.2, 0) is 4.74 Å². The third-order valence-corrected chi connectivity index (χ3v) is 2.85. The zero-order valence-corrected chi connectivity index (χ0v) is 11.5. The molecule has 0 aliphatic rings. The third-order valence-electron chi connectivity index (χ3n) is 2.85. The van der Waals surface area contributed by atoms with Crippen LogP contribution in [0.4, 0.5) is 5.69 Å². The number of hydrogen-bond acceptors (Lipinski definition) is 5. The third kappa shape index (κ3) is 4.29. The van der Waals surface area contributed by atoms with Gasteiger partial charge < -0.3 is 15.2 Å². The fourth-order valence-corrected chi connectivity index (χ4v) is 1.83. The molecule has 0 radical (unpaired) electrons. The Morgan fingerprint density at radius 3 is 2.75 bits per heavy atom. The second kappa shape index (κ2) is 7.56. The van der Waals surface area contributed by atoms with Crippen LogP contribution >= 0.6 is 0 Å². The van der Waals surface area contributed by atoms with Crippen molar-refractivity contribution in [3.63, 3.8) is 0 Å². The number of methoxy groups -OCH3 is 1. The molecule has 0 fully saturated rings. The molecule has 0 saturated heterocycles. The molecule has 0 aliphatic heterocycles. The van der Waals surface area contributed by atoms with Gasteiger partial charge in [0.05, 0.1) is 17.6 Å². The quantitative estimate of drug-likeness (QED) is 0.574. The number of non-ortho nitro benzene ring substituents is 1. The SMILES string of the molecule is COCC(CCO)NC(=O)c1ccc([N+](=O)[O-])cc1C. The minimum absolute atomic E-state index is 0.0529. The summed E-state index contributed by atoms with van der Waals surface area (Å²) in [5.41, 5.74) is 0.842.